The van der Waals surface area contributed by atoms with E-state index in [0.717, 1.165) is 17.1 Å². The van der Waals surface area contributed by atoms with E-state index in [-0.39, 0.29) is 11.8 Å². The lowest BCUT2D eigenvalue weighted by Gasteiger charge is -2.12. The number of halogens is 1. The lowest BCUT2D eigenvalue weighted by Crippen LogP contribution is -2.17. The zero-order valence-corrected chi connectivity index (χ0v) is 13.6. The highest BCUT2D eigenvalue weighted by atomic mass is 35.5. The maximum absolute atomic E-state index is 11.7. The predicted molar refractivity (Wildman–Crippen MR) is 91.2 cm³/mol. The highest BCUT2D eigenvalue weighted by Crippen LogP contribution is 2.30. The average Bonchev–Trinajstić information content (AvgIpc) is 2.49. The Kier molecular flexibility index (Phi) is 5.28. The van der Waals surface area contributed by atoms with Crippen molar-refractivity contribution >= 4 is 34.6 Å². The number of carbonyl (C=O) groups excluding carboxylic acids is 1. The van der Waals surface area contributed by atoms with Crippen molar-refractivity contribution in [3.05, 3.63) is 47.5 Å². The van der Waals surface area contributed by atoms with Crippen LogP contribution in [-0.2, 0) is 4.79 Å². The minimum atomic E-state index is -0.0477. The van der Waals surface area contributed by atoms with Crippen LogP contribution in [0.5, 0.6) is 5.75 Å². The van der Waals surface area contributed by atoms with E-state index >= 15 is 0 Å². The molecule has 0 heterocycles. The highest BCUT2D eigenvalue weighted by Gasteiger charge is 2.07. The van der Waals surface area contributed by atoms with Crippen LogP contribution in [0.25, 0.3) is 0 Å². The molecule has 4 nitrogen and oxygen atoms in total. The zero-order chi connectivity index (χ0) is 16.1. The number of ether oxygens (including phenoxy) is 1. The van der Waals surface area contributed by atoms with E-state index < -0.39 is 0 Å². The van der Waals surface area contributed by atoms with E-state index in [2.05, 4.69) is 10.6 Å². The summed E-state index contributed by atoms with van der Waals surface area (Å²) in [7, 11) is 1.61. The van der Waals surface area contributed by atoms with Gasteiger partial charge >= 0.3 is 0 Å². The number of anilines is 3. The van der Waals surface area contributed by atoms with Crippen molar-refractivity contribution in [2.75, 3.05) is 17.7 Å². The monoisotopic (exact) mass is 318 g/mol. The van der Waals surface area contributed by atoms with Crippen LogP contribution in [0.2, 0.25) is 5.02 Å². The molecule has 0 aliphatic heterocycles. The van der Waals surface area contributed by atoms with Crippen LogP contribution < -0.4 is 15.4 Å². The van der Waals surface area contributed by atoms with Crippen LogP contribution in [-0.4, -0.2) is 13.0 Å². The van der Waals surface area contributed by atoms with Gasteiger partial charge < -0.3 is 15.4 Å². The topological polar surface area (TPSA) is 50.4 Å². The van der Waals surface area contributed by atoms with E-state index in [9.17, 15) is 4.79 Å². The van der Waals surface area contributed by atoms with Crippen molar-refractivity contribution in [1.82, 2.24) is 0 Å². The molecule has 0 atom stereocenters. The Morgan fingerprint density at radius 3 is 2.32 bits per heavy atom. The molecule has 0 bridgehead atoms. The average molecular weight is 319 g/mol. The summed E-state index contributed by atoms with van der Waals surface area (Å²) in [6, 6.07) is 12.8. The fraction of sp³-hybridized carbons (Fsp3) is 0.235. The van der Waals surface area contributed by atoms with Crippen LogP contribution in [0.4, 0.5) is 17.1 Å². The van der Waals surface area contributed by atoms with Crippen molar-refractivity contribution in [2.24, 2.45) is 5.92 Å². The molecule has 0 aromatic heterocycles. The highest BCUT2D eigenvalue weighted by molar-refractivity contribution is 6.31. The van der Waals surface area contributed by atoms with Crippen molar-refractivity contribution < 1.29 is 9.53 Å². The molecule has 2 rings (SSSR count). The van der Waals surface area contributed by atoms with Crippen LogP contribution in [0.3, 0.4) is 0 Å². The number of amides is 1. The Morgan fingerprint density at radius 2 is 1.73 bits per heavy atom. The fourth-order valence-electron chi connectivity index (χ4n) is 1.86. The van der Waals surface area contributed by atoms with Gasteiger partial charge in [-0.1, -0.05) is 25.4 Å². The standard InChI is InChI=1S/C17H19ClN2O2/c1-11(2)17(21)20-14-7-5-13(6-8-14)19-15-10-12(18)4-9-16(15)22-3/h4-11,19H,1-3H3,(H,20,21). The molecular weight excluding hydrogens is 300 g/mol. The predicted octanol–water partition coefficient (Wildman–Crippen LogP) is 4.69. The van der Waals surface area contributed by atoms with Gasteiger partial charge in [0.2, 0.25) is 5.91 Å². The Hall–Kier alpha value is -2.20. The second kappa shape index (κ2) is 7.18. The van der Waals surface area contributed by atoms with Gasteiger partial charge in [-0.2, -0.15) is 0 Å². The van der Waals surface area contributed by atoms with Gasteiger partial charge in [0.25, 0.3) is 0 Å². The number of nitrogens with one attached hydrogen (secondary N) is 2. The van der Waals surface area contributed by atoms with Crippen molar-refractivity contribution in [1.29, 1.82) is 0 Å². The van der Waals surface area contributed by atoms with E-state index in [1.54, 1.807) is 19.2 Å². The Bertz CT molecular complexity index is 654. The third-order valence-electron chi connectivity index (χ3n) is 3.12. The number of hydrogen-bond acceptors (Lipinski definition) is 3. The number of hydrogen-bond donors (Lipinski definition) is 2. The third kappa shape index (κ3) is 4.15. The summed E-state index contributed by atoms with van der Waals surface area (Å²) in [6.45, 7) is 3.72. The van der Waals surface area contributed by atoms with E-state index in [4.69, 9.17) is 16.3 Å². The molecule has 5 heteroatoms. The summed E-state index contributed by atoms with van der Waals surface area (Å²) in [5, 5.41) is 6.73. The van der Waals surface area contributed by atoms with Crippen molar-refractivity contribution in [3.63, 3.8) is 0 Å². The van der Waals surface area contributed by atoms with Gasteiger partial charge in [0.05, 0.1) is 12.8 Å². The smallest absolute Gasteiger partial charge is 0.226 e. The summed E-state index contributed by atoms with van der Waals surface area (Å²) >= 11 is 6.01. The second-order valence-corrected chi connectivity index (χ2v) is 5.63. The zero-order valence-electron chi connectivity index (χ0n) is 12.8. The van der Waals surface area contributed by atoms with Crippen molar-refractivity contribution in [3.8, 4) is 5.75 Å². The molecule has 0 radical (unpaired) electrons. The normalized spacial score (nSPS) is 10.4. The minimum Gasteiger partial charge on any atom is -0.495 e. The molecule has 116 valence electrons. The number of methoxy groups -OCH3 is 1. The van der Waals surface area contributed by atoms with Crippen LogP contribution >= 0.6 is 11.6 Å². The third-order valence-corrected chi connectivity index (χ3v) is 3.35. The molecule has 0 unspecified atom stereocenters. The van der Waals surface area contributed by atoms with Crippen molar-refractivity contribution in [2.45, 2.75) is 13.8 Å². The lowest BCUT2D eigenvalue weighted by molar-refractivity contribution is -0.118. The summed E-state index contributed by atoms with van der Waals surface area (Å²) in [5.74, 6) is 0.660. The lowest BCUT2D eigenvalue weighted by atomic mass is 10.2. The molecule has 2 aromatic rings. The molecule has 2 aromatic carbocycles. The Morgan fingerprint density at radius 1 is 1.09 bits per heavy atom. The molecule has 2 N–H and O–H groups in total. The maximum atomic E-state index is 11.7. The van der Waals surface area contributed by atoms with Gasteiger partial charge in [-0.15, -0.1) is 0 Å². The minimum absolute atomic E-state index is 0.00257. The van der Waals surface area contributed by atoms with Gasteiger partial charge in [0.15, 0.2) is 0 Å². The van der Waals surface area contributed by atoms with E-state index in [0.29, 0.717) is 10.8 Å². The molecular formula is C17H19ClN2O2. The second-order valence-electron chi connectivity index (χ2n) is 5.19. The first kappa shape index (κ1) is 16.2. The number of rotatable bonds is 5. The van der Waals surface area contributed by atoms with Crippen LogP contribution in [0.1, 0.15) is 13.8 Å². The summed E-state index contributed by atoms with van der Waals surface area (Å²) in [4.78, 5) is 11.7. The first-order valence-corrected chi connectivity index (χ1v) is 7.39. The molecule has 0 aliphatic rings. The van der Waals surface area contributed by atoms with Gasteiger partial charge in [0.1, 0.15) is 5.75 Å². The number of benzene rings is 2. The van der Waals surface area contributed by atoms with Gasteiger partial charge in [-0.05, 0) is 42.5 Å². The van der Waals surface area contributed by atoms with E-state index in [1.165, 1.54) is 0 Å². The summed E-state index contributed by atoms with van der Waals surface area (Å²) < 4.78 is 5.30. The summed E-state index contributed by atoms with van der Waals surface area (Å²) in [6.07, 6.45) is 0. The maximum Gasteiger partial charge on any atom is 0.226 e. The molecule has 22 heavy (non-hydrogen) atoms. The largest absolute Gasteiger partial charge is 0.495 e. The quantitative estimate of drug-likeness (QED) is 0.841. The Balaban J connectivity index is 2.11. The molecule has 0 spiro atoms. The summed E-state index contributed by atoms with van der Waals surface area (Å²) in [5.41, 5.74) is 2.43. The SMILES string of the molecule is COc1ccc(Cl)cc1Nc1ccc(NC(=O)C(C)C)cc1. The van der Waals surface area contributed by atoms with Gasteiger partial charge in [-0.25, -0.2) is 0 Å². The first-order valence-electron chi connectivity index (χ1n) is 7.01. The number of carbonyl (C=O) groups is 1. The molecule has 1 amide bonds. The van der Waals surface area contributed by atoms with Crippen LogP contribution in [0, 0.1) is 5.92 Å². The molecule has 0 saturated carbocycles. The molecule has 0 fully saturated rings. The van der Waals surface area contributed by atoms with Crippen LogP contribution in [0.15, 0.2) is 42.5 Å². The Labute approximate surface area is 135 Å². The van der Waals surface area contributed by atoms with E-state index in [1.807, 2.05) is 44.2 Å². The fourth-order valence-corrected chi connectivity index (χ4v) is 2.03. The molecule has 0 aliphatic carbocycles. The first-order chi connectivity index (χ1) is 10.5. The molecule has 0 saturated heterocycles. The van der Waals surface area contributed by atoms with Gasteiger partial charge in [-0.3, -0.25) is 4.79 Å². The van der Waals surface area contributed by atoms with Gasteiger partial charge in [0, 0.05) is 22.3 Å².